The number of nitrogens with two attached hydrogens (primary N) is 1. The summed E-state index contributed by atoms with van der Waals surface area (Å²) in [6, 6.07) is 1.32. The van der Waals surface area contributed by atoms with Gasteiger partial charge < -0.3 is 20.7 Å². The molecule has 0 saturated carbocycles. The highest BCUT2D eigenvalue weighted by molar-refractivity contribution is 5.24. The number of rotatable bonds is 2. The van der Waals surface area contributed by atoms with Gasteiger partial charge in [-0.25, -0.2) is 9.18 Å². The lowest BCUT2D eigenvalue weighted by molar-refractivity contribution is -0.123. The standard InChI is InChI=1S/C10H14FN3O4/c1-10(8(11)7(16)5(4-15)18-10)14-3-2-6(12)13-9(14)17/h2-3,5,7-8,15-16H,4H2,1H3,(H2,12,13,17)/t5-,7-,8-,10-/m1/s1. The van der Waals surface area contributed by atoms with E-state index in [1.807, 2.05) is 0 Å². The second-order valence-electron chi connectivity index (χ2n) is 4.29. The number of nitrogens with zero attached hydrogens (tertiary/aromatic N) is 2. The third kappa shape index (κ3) is 1.78. The predicted octanol–water partition coefficient (Wildman–Crippen LogP) is -1.41. The molecule has 18 heavy (non-hydrogen) atoms. The van der Waals surface area contributed by atoms with Crippen molar-refractivity contribution >= 4 is 5.82 Å². The number of aliphatic hydroxyl groups is 2. The van der Waals surface area contributed by atoms with Crippen molar-refractivity contribution in [2.45, 2.75) is 31.0 Å². The second kappa shape index (κ2) is 4.30. The Balaban J connectivity index is 2.46. The first-order chi connectivity index (χ1) is 8.40. The van der Waals surface area contributed by atoms with Crippen molar-refractivity contribution < 1.29 is 19.3 Å². The number of hydrogen-bond donors (Lipinski definition) is 3. The van der Waals surface area contributed by atoms with Crippen LogP contribution in [0.1, 0.15) is 6.92 Å². The highest BCUT2D eigenvalue weighted by Crippen LogP contribution is 2.36. The Morgan fingerprint density at radius 2 is 2.39 bits per heavy atom. The molecule has 1 aliphatic rings. The van der Waals surface area contributed by atoms with Crippen molar-refractivity contribution in [3.05, 3.63) is 22.7 Å². The van der Waals surface area contributed by atoms with Crippen molar-refractivity contribution in [1.82, 2.24) is 9.55 Å². The summed E-state index contributed by atoms with van der Waals surface area (Å²) >= 11 is 0. The molecule has 4 atom stereocenters. The van der Waals surface area contributed by atoms with Crippen LogP contribution in [0.5, 0.6) is 0 Å². The molecule has 0 bridgehead atoms. The van der Waals surface area contributed by atoms with Crippen LogP contribution in [0.4, 0.5) is 10.2 Å². The molecular formula is C10H14FN3O4. The maximum absolute atomic E-state index is 14.1. The molecule has 0 radical (unpaired) electrons. The van der Waals surface area contributed by atoms with Gasteiger partial charge in [0.25, 0.3) is 0 Å². The van der Waals surface area contributed by atoms with Gasteiger partial charge in [0.15, 0.2) is 11.9 Å². The average molecular weight is 259 g/mol. The summed E-state index contributed by atoms with van der Waals surface area (Å²) in [5.74, 6) is 0.00696. The van der Waals surface area contributed by atoms with Crippen LogP contribution in [0.2, 0.25) is 0 Å². The van der Waals surface area contributed by atoms with Crippen LogP contribution >= 0.6 is 0 Å². The highest BCUT2D eigenvalue weighted by atomic mass is 19.1. The molecule has 0 unspecified atom stereocenters. The molecule has 1 fully saturated rings. The zero-order valence-corrected chi connectivity index (χ0v) is 9.65. The molecule has 1 aliphatic heterocycles. The van der Waals surface area contributed by atoms with Crippen LogP contribution < -0.4 is 11.4 Å². The summed E-state index contributed by atoms with van der Waals surface area (Å²) in [5.41, 5.74) is 2.83. The average Bonchev–Trinajstić information content (AvgIpc) is 2.54. The molecule has 0 aliphatic carbocycles. The number of aromatic nitrogens is 2. The molecule has 1 saturated heterocycles. The summed E-state index contributed by atoms with van der Waals surface area (Å²) in [4.78, 5) is 15.1. The molecule has 100 valence electrons. The van der Waals surface area contributed by atoms with Crippen LogP contribution in [0.25, 0.3) is 0 Å². The fourth-order valence-corrected chi connectivity index (χ4v) is 2.04. The van der Waals surface area contributed by atoms with E-state index in [0.717, 1.165) is 4.57 Å². The summed E-state index contributed by atoms with van der Waals surface area (Å²) in [6.07, 6.45) is -3.22. The fourth-order valence-electron chi connectivity index (χ4n) is 2.04. The van der Waals surface area contributed by atoms with Gasteiger partial charge >= 0.3 is 5.69 Å². The molecule has 4 N–H and O–H groups in total. The predicted molar refractivity (Wildman–Crippen MR) is 59.4 cm³/mol. The molecule has 1 aromatic rings. The zero-order valence-electron chi connectivity index (χ0n) is 9.65. The topological polar surface area (TPSA) is 111 Å². The van der Waals surface area contributed by atoms with Gasteiger partial charge in [-0.3, -0.25) is 4.57 Å². The Hall–Kier alpha value is -1.51. The maximum Gasteiger partial charge on any atom is 0.351 e. The second-order valence-corrected chi connectivity index (χ2v) is 4.29. The molecule has 8 heteroatoms. The van der Waals surface area contributed by atoms with Gasteiger partial charge in [0.2, 0.25) is 0 Å². The largest absolute Gasteiger partial charge is 0.394 e. The van der Waals surface area contributed by atoms with Gasteiger partial charge in [-0.05, 0) is 13.0 Å². The van der Waals surface area contributed by atoms with Gasteiger partial charge in [-0.1, -0.05) is 0 Å². The Morgan fingerprint density at radius 3 is 2.89 bits per heavy atom. The van der Waals surface area contributed by atoms with Crippen molar-refractivity contribution in [3.63, 3.8) is 0 Å². The Labute approximate surface area is 102 Å². The molecule has 0 amide bonds. The van der Waals surface area contributed by atoms with Gasteiger partial charge in [0, 0.05) is 6.20 Å². The Kier molecular flexibility index (Phi) is 3.09. The van der Waals surface area contributed by atoms with E-state index in [2.05, 4.69) is 4.98 Å². The minimum atomic E-state index is -1.86. The van der Waals surface area contributed by atoms with Crippen molar-refractivity contribution in [1.29, 1.82) is 0 Å². The third-order valence-corrected chi connectivity index (χ3v) is 3.07. The quantitative estimate of drug-likeness (QED) is 0.601. The normalized spacial score (nSPS) is 35.9. The third-order valence-electron chi connectivity index (χ3n) is 3.07. The van der Waals surface area contributed by atoms with Crippen LogP contribution in [0.3, 0.4) is 0 Å². The number of anilines is 1. The Bertz CT molecular complexity index is 508. The van der Waals surface area contributed by atoms with E-state index in [0.29, 0.717) is 0 Å². The lowest BCUT2D eigenvalue weighted by Crippen LogP contribution is -2.46. The molecule has 0 aromatic carbocycles. The zero-order chi connectivity index (χ0) is 13.5. The molecule has 7 nitrogen and oxygen atoms in total. The minimum absolute atomic E-state index is 0.00696. The summed E-state index contributed by atoms with van der Waals surface area (Å²) < 4.78 is 20.2. The van der Waals surface area contributed by atoms with Gasteiger partial charge in [-0.2, -0.15) is 4.98 Å². The number of halogens is 1. The fraction of sp³-hybridized carbons (Fsp3) is 0.600. The van der Waals surface area contributed by atoms with Crippen molar-refractivity contribution in [2.24, 2.45) is 0 Å². The smallest absolute Gasteiger partial charge is 0.351 e. The number of nitrogen functional groups attached to an aromatic ring is 1. The molecule has 2 heterocycles. The van der Waals surface area contributed by atoms with E-state index in [9.17, 15) is 14.3 Å². The number of aliphatic hydroxyl groups excluding tert-OH is 2. The van der Waals surface area contributed by atoms with Gasteiger partial charge in [0.1, 0.15) is 18.0 Å². The number of ether oxygens (including phenoxy) is 1. The van der Waals surface area contributed by atoms with Crippen molar-refractivity contribution in [3.8, 4) is 0 Å². The van der Waals surface area contributed by atoms with E-state index < -0.39 is 36.4 Å². The molecule has 1 aromatic heterocycles. The van der Waals surface area contributed by atoms with E-state index in [1.165, 1.54) is 19.2 Å². The lowest BCUT2D eigenvalue weighted by Gasteiger charge is -2.28. The molecule has 2 rings (SSSR count). The van der Waals surface area contributed by atoms with E-state index in [1.54, 1.807) is 0 Å². The first-order valence-electron chi connectivity index (χ1n) is 5.36. The summed E-state index contributed by atoms with van der Waals surface area (Å²) in [5, 5.41) is 18.6. The molecule has 0 spiro atoms. The monoisotopic (exact) mass is 259 g/mol. The maximum atomic E-state index is 14.1. The SMILES string of the molecule is C[C@@]1(n2ccc(N)nc2=O)O[C@H](CO)[C@@H](O)[C@H]1F. The van der Waals surface area contributed by atoms with Crippen LogP contribution in [-0.4, -0.2) is 44.8 Å². The minimum Gasteiger partial charge on any atom is -0.394 e. The van der Waals surface area contributed by atoms with Gasteiger partial charge in [0.05, 0.1) is 6.61 Å². The van der Waals surface area contributed by atoms with Crippen LogP contribution in [0, 0.1) is 0 Å². The summed E-state index contributed by atoms with van der Waals surface area (Å²) in [6.45, 7) is 0.754. The van der Waals surface area contributed by atoms with Crippen molar-refractivity contribution in [2.75, 3.05) is 12.3 Å². The van der Waals surface area contributed by atoms with Gasteiger partial charge in [-0.15, -0.1) is 0 Å². The van der Waals surface area contributed by atoms with Crippen LogP contribution in [0.15, 0.2) is 17.1 Å². The van der Waals surface area contributed by atoms with E-state index >= 15 is 0 Å². The Morgan fingerprint density at radius 1 is 1.72 bits per heavy atom. The number of alkyl halides is 1. The first-order valence-corrected chi connectivity index (χ1v) is 5.36. The van der Waals surface area contributed by atoms with E-state index in [4.69, 9.17) is 15.6 Å². The highest BCUT2D eigenvalue weighted by Gasteiger charge is 2.54. The first kappa shape index (κ1) is 12.9. The summed E-state index contributed by atoms with van der Waals surface area (Å²) in [7, 11) is 0. The molecular weight excluding hydrogens is 245 g/mol. The number of hydrogen-bond acceptors (Lipinski definition) is 6. The lowest BCUT2D eigenvalue weighted by atomic mass is 10.1. The van der Waals surface area contributed by atoms with E-state index in [-0.39, 0.29) is 5.82 Å². The van der Waals surface area contributed by atoms with Crippen LogP contribution in [-0.2, 0) is 10.5 Å².